The first-order chi connectivity index (χ1) is 12.4. The van der Waals surface area contributed by atoms with Crippen LogP contribution in [0.1, 0.15) is 17.5 Å². The third-order valence-corrected chi connectivity index (χ3v) is 5.55. The van der Waals surface area contributed by atoms with Crippen molar-refractivity contribution in [2.24, 2.45) is 0 Å². The van der Waals surface area contributed by atoms with E-state index in [4.69, 9.17) is 4.74 Å². The number of anilines is 2. The van der Waals surface area contributed by atoms with Crippen LogP contribution in [0.4, 0.5) is 11.4 Å². The van der Waals surface area contributed by atoms with E-state index in [1.807, 2.05) is 36.4 Å². The lowest BCUT2D eigenvalue weighted by Gasteiger charge is -2.29. The Hall–Kier alpha value is -2.54. The molecule has 0 fully saturated rings. The molecule has 1 heterocycles. The maximum Gasteiger partial charge on any atom is 0.232 e. The summed E-state index contributed by atoms with van der Waals surface area (Å²) < 4.78 is 30.5. The van der Waals surface area contributed by atoms with Gasteiger partial charge in [0, 0.05) is 12.2 Å². The molecule has 0 aromatic heterocycles. The number of hydrogen-bond donors (Lipinski definition) is 1. The van der Waals surface area contributed by atoms with Crippen molar-refractivity contribution in [3.05, 3.63) is 53.6 Å². The first-order valence-corrected chi connectivity index (χ1v) is 10.2. The van der Waals surface area contributed by atoms with E-state index in [-0.39, 0.29) is 12.3 Å². The second-order valence-corrected chi connectivity index (χ2v) is 8.26. The van der Waals surface area contributed by atoms with E-state index in [0.717, 1.165) is 29.7 Å². The summed E-state index contributed by atoms with van der Waals surface area (Å²) in [5.41, 5.74) is 3.10. The Morgan fingerprint density at radius 1 is 1.19 bits per heavy atom. The highest BCUT2D eigenvalue weighted by molar-refractivity contribution is 7.92. The van der Waals surface area contributed by atoms with E-state index in [0.29, 0.717) is 17.9 Å². The molecular formula is C19H22N2O4S. The number of fused-ring (bicyclic) bond motifs is 1. The summed E-state index contributed by atoms with van der Waals surface area (Å²) in [5, 5.41) is 2.85. The number of rotatable bonds is 5. The fraction of sp³-hybridized carbons (Fsp3) is 0.316. The number of nitrogens with one attached hydrogen (secondary N) is 1. The molecule has 0 saturated heterocycles. The monoisotopic (exact) mass is 374 g/mol. The van der Waals surface area contributed by atoms with E-state index in [1.54, 1.807) is 13.2 Å². The van der Waals surface area contributed by atoms with E-state index < -0.39 is 10.0 Å². The van der Waals surface area contributed by atoms with Gasteiger partial charge in [0.1, 0.15) is 5.75 Å². The zero-order valence-corrected chi connectivity index (χ0v) is 15.7. The summed E-state index contributed by atoms with van der Waals surface area (Å²) in [6, 6.07) is 12.7. The number of carbonyl (C=O) groups is 1. The predicted octanol–water partition coefficient (Wildman–Crippen LogP) is 2.59. The average Bonchev–Trinajstić information content (AvgIpc) is 2.61. The number of benzene rings is 2. The summed E-state index contributed by atoms with van der Waals surface area (Å²) in [4.78, 5) is 12.3. The molecule has 0 bridgehead atoms. The SMILES string of the molecule is COc1ccc(CC(=O)Nc2ccc3c(c2)N(S(C)(=O)=O)CCC3)cc1. The van der Waals surface area contributed by atoms with Crippen LogP contribution in [-0.2, 0) is 27.7 Å². The van der Waals surface area contributed by atoms with Crippen LogP contribution >= 0.6 is 0 Å². The van der Waals surface area contributed by atoms with Crippen molar-refractivity contribution < 1.29 is 17.9 Å². The fourth-order valence-electron chi connectivity index (χ4n) is 3.10. The van der Waals surface area contributed by atoms with Crippen molar-refractivity contribution in [1.29, 1.82) is 0 Å². The van der Waals surface area contributed by atoms with Crippen LogP contribution in [-0.4, -0.2) is 34.2 Å². The molecule has 1 aliphatic heterocycles. The van der Waals surface area contributed by atoms with Crippen LogP contribution in [0.2, 0.25) is 0 Å². The highest BCUT2D eigenvalue weighted by atomic mass is 32.2. The van der Waals surface area contributed by atoms with Gasteiger partial charge in [-0.2, -0.15) is 0 Å². The lowest BCUT2D eigenvalue weighted by atomic mass is 10.0. The number of sulfonamides is 1. The number of ether oxygens (including phenoxy) is 1. The van der Waals surface area contributed by atoms with Crippen molar-refractivity contribution in [2.75, 3.05) is 29.5 Å². The van der Waals surface area contributed by atoms with Gasteiger partial charge in [0.25, 0.3) is 0 Å². The van der Waals surface area contributed by atoms with Crippen LogP contribution in [0.3, 0.4) is 0 Å². The molecule has 3 rings (SSSR count). The minimum atomic E-state index is -3.33. The number of methoxy groups -OCH3 is 1. The van der Waals surface area contributed by atoms with Crippen LogP contribution < -0.4 is 14.4 Å². The van der Waals surface area contributed by atoms with E-state index in [2.05, 4.69) is 5.32 Å². The molecule has 26 heavy (non-hydrogen) atoms. The summed E-state index contributed by atoms with van der Waals surface area (Å²) >= 11 is 0. The van der Waals surface area contributed by atoms with E-state index >= 15 is 0 Å². The molecule has 2 aromatic rings. The lowest BCUT2D eigenvalue weighted by molar-refractivity contribution is -0.115. The fourth-order valence-corrected chi connectivity index (χ4v) is 4.09. The molecule has 1 aliphatic rings. The largest absolute Gasteiger partial charge is 0.497 e. The zero-order chi connectivity index (χ0) is 18.7. The molecule has 0 atom stereocenters. The Labute approximate surface area is 153 Å². The van der Waals surface area contributed by atoms with Gasteiger partial charge >= 0.3 is 0 Å². The minimum absolute atomic E-state index is 0.156. The molecular weight excluding hydrogens is 352 g/mol. The average molecular weight is 374 g/mol. The van der Waals surface area contributed by atoms with Gasteiger partial charge < -0.3 is 10.1 Å². The maximum atomic E-state index is 12.3. The number of aryl methyl sites for hydroxylation is 1. The Kier molecular flexibility index (Phi) is 5.18. The molecule has 6 nitrogen and oxygen atoms in total. The Morgan fingerprint density at radius 3 is 2.58 bits per heavy atom. The molecule has 2 aromatic carbocycles. The summed E-state index contributed by atoms with van der Waals surface area (Å²) in [5.74, 6) is 0.585. The second kappa shape index (κ2) is 7.37. The second-order valence-electron chi connectivity index (χ2n) is 6.36. The van der Waals surface area contributed by atoms with Crippen LogP contribution in [0.5, 0.6) is 5.75 Å². The summed E-state index contributed by atoms with van der Waals surface area (Å²) in [6.45, 7) is 0.467. The van der Waals surface area contributed by atoms with Crippen molar-refractivity contribution in [1.82, 2.24) is 0 Å². The highest BCUT2D eigenvalue weighted by Gasteiger charge is 2.24. The lowest BCUT2D eigenvalue weighted by Crippen LogP contribution is -2.34. The summed E-state index contributed by atoms with van der Waals surface area (Å²) in [6.07, 6.45) is 3.07. The number of nitrogens with zero attached hydrogens (tertiary/aromatic N) is 1. The van der Waals surface area contributed by atoms with Gasteiger partial charge in [-0.1, -0.05) is 18.2 Å². The zero-order valence-electron chi connectivity index (χ0n) is 14.9. The van der Waals surface area contributed by atoms with Gasteiger partial charge in [-0.05, 0) is 48.2 Å². The molecule has 7 heteroatoms. The third-order valence-electron chi connectivity index (χ3n) is 4.37. The van der Waals surface area contributed by atoms with Gasteiger partial charge in [0.05, 0.1) is 25.5 Å². The maximum absolute atomic E-state index is 12.3. The van der Waals surface area contributed by atoms with Gasteiger partial charge in [-0.15, -0.1) is 0 Å². The van der Waals surface area contributed by atoms with Gasteiger partial charge in [-0.25, -0.2) is 8.42 Å². The predicted molar refractivity (Wildman–Crippen MR) is 102 cm³/mol. The van der Waals surface area contributed by atoms with Crippen molar-refractivity contribution in [3.63, 3.8) is 0 Å². The standard InChI is InChI=1S/C19H22N2O4S/c1-25-17-9-5-14(6-10-17)12-19(22)20-16-8-7-15-4-3-11-21(18(15)13-16)26(2,23)24/h5-10,13H,3-4,11-12H2,1-2H3,(H,20,22). The number of carbonyl (C=O) groups excluding carboxylic acids is 1. The number of amides is 1. The quantitative estimate of drug-likeness (QED) is 0.873. The summed E-state index contributed by atoms with van der Waals surface area (Å²) in [7, 11) is -1.74. The highest BCUT2D eigenvalue weighted by Crippen LogP contribution is 2.31. The molecule has 0 spiro atoms. The molecule has 1 amide bonds. The smallest absolute Gasteiger partial charge is 0.232 e. The molecule has 0 saturated carbocycles. The van der Waals surface area contributed by atoms with Gasteiger partial charge in [0.2, 0.25) is 15.9 Å². The van der Waals surface area contributed by atoms with E-state index in [1.165, 1.54) is 10.6 Å². The molecule has 1 N–H and O–H groups in total. The van der Waals surface area contributed by atoms with E-state index in [9.17, 15) is 13.2 Å². The van der Waals surface area contributed by atoms with Crippen LogP contribution in [0.15, 0.2) is 42.5 Å². The van der Waals surface area contributed by atoms with Crippen LogP contribution in [0.25, 0.3) is 0 Å². The van der Waals surface area contributed by atoms with Crippen LogP contribution in [0, 0.1) is 0 Å². The van der Waals surface area contributed by atoms with Crippen molar-refractivity contribution in [3.8, 4) is 5.75 Å². The van der Waals surface area contributed by atoms with Gasteiger partial charge in [0.15, 0.2) is 0 Å². The molecule has 0 radical (unpaired) electrons. The first kappa shape index (κ1) is 18.3. The Balaban J connectivity index is 1.74. The molecule has 0 unspecified atom stereocenters. The normalized spacial score (nSPS) is 13.8. The Bertz CT molecular complexity index is 908. The molecule has 0 aliphatic carbocycles. The topological polar surface area (TPSA) is 75.7 Å². The molecule has 138 valence electrons. The first-order valence-electron chi connectivity index (χ1n) is 8.40. The Morgan fingerprint density at radius 2 is 1.92 bits per heavy atom. The third kappa shape index (κ3) is 4.16. The minimum Gasteiger partial charge on any atom is -0.497 e. The van der Waals surface area contributed by atoms with Gasteiger partial charge in [-0.3, -0.25) is 9.10 Å². The van der Waals surface area contributed by atoms with Crippen molar-refractivity contribution >= 4 is 27.3 Å². The van der Waals surface area contributed by atoms with Crippen molar-refractivity contribution in [2.45, 2.75) is 19.3 Å². The number of hydrogen-bond acceptors (Lipinski definition) is 4.